The van der Waals surface area contributed by atoms with Crippen LogP contribution in [0.4, 0.5) is 0 Å². The molecule has 0 aliphatic rings. The number of halogens is 1. The summed E-state index contributed by atoms with van der Waals surface area (Å²) < 4.78 is 7.66. The van der Waals surface area contributed by atoms with Crippen molar-refractivity contribution in [3.05, 3.63) is 83.1 Å². The highest BCUT2D eigenvalue weighted by molar-refractivity contribution is 7.20. The van der Waals surface area contributed by atoms with E-state index in [0.717, 1.165) is 32.6 Å². The van der Waals surface area contributed by atoms with Gasteiger partial charge in [-0.2, -0.15) is 10.2 Å². The maximum atomic E-state index is 12.7. The fourth-order valence-electron chi connectivity index (χ4n) is 3.31. The molecule has 3 heterocycles. The van der Waals surface area contributed by atoms with Gasteiger partial charge in [-0.1, -0.05) is 36.4 Å². The topological polar surface area (TPSA) is 72.4 Å². The predicted molar refractivity (Wildman–Crippen MR) is 127 cm³/mol. The van der Waals surface area contributed by atoms with E-state index in [0.29, 0.717) is 16.3 Å². The summed E-state index contributed by atoms with van der Waals surface area (Å²) in [5, 5.41) is 10.8. The Kier molecular flexibility index (Phi) is 5.63. The van der Waals surface area contributed by atoms with Crippen molar-refractivity contribution < 1.29 is 9.21 Å². The van der Waals surface area contributed by atoms with Crippen molar-refractivity contribution in [1.82, 2.24) is 15.2 Å². The molecule has 0 aliphatic carbocycles. The summed E-state index contributed by atoms with van der Waals surface area (Å²) >= 11 is 1.39. The Morgan fingerprint density at radius 2 is 1.84 bits per heavy atom. The quantitative estimate of drug-likeness (QED) is 0.281. The monoisotopic (exact) mass is 450 g/mol. The number of nitrogens with one attached hydrogen (secondary N) is 1. The van der Waals surface area contributed by atoms with Gasteiger partial charge in [0.15, 0.2) is 5.76 Å². The summed E-state index contributed by atoms with van der Waals surface area (Å²) in [5.74, 6) is 0.370. The molecule has 3 aromatic heterocycles. The molecular formula is C23H19ClN4O2S. The van der Waals surface area contributed by atoms with Crippen LogP contribution >= 0.6 is 23.7 Å². The molecule has 0 aliphatic heterocycles. The minimum absolute atomic E-state index is 0. The normalized spacial score (nSPS) is 11.6. The molecule has 1 N–H and O–H groups in total. The van der Waals surface area contributed by atoms with Crippen molar-refractivity contribution in [2.75, 3.05) is 0 Å². The van der Waals surface area contributed by atoms with Gasteiger partial charge in [-0.05, 0) is 44.2 Å². The molecule has 0 saturated carbocycles. The van der Waals surface area contributed by atoms with E-state index in [2.05, 4.69) is 15.6 Å². The molecular weight excluding hydrogens is 432 g/mol. The molecule has 5 rings (SSSR count). The van der Waals surface area contributed by atoms with E-state index in [1.165, 1.54) is 11.3 Å². The highest BCUT2D eigenvalue weighted by Gasteiger charge is 2.17. The van der Waals surface area contributed by atoms with Crippen LogP contribution in [0.5, 0.6) is 0 Å². The predicted octanol–water partition coefficient (Wildman–Crippen LogP) is 5.72. The summed E-state index contributed by atoms with van der Waals surface area (Å²) in [4.78, 5) is 14.2. The van der Waals surface area contributed by atoms with Gasteiger partial charge in [0, 0.05) is 10.8 Å². The first-order valence-electron chi connectivity index (χ1n) is 9.48. The van der Waals surface area contributed by atoms with Crippen LogP contribution in [0.3, 0.4) is 0 Å². The van der Waals surface area contributed by atoms with E-state index in [-0.39, 0.29) is 18.3 Å². The average Bonchev–Trinajstić information content (AvgIpc) is 3.47. The number of rotatable bonds is 4. The van der Waals surface area contributed by atoms with Crippen LogP contribution in [0.15, 0.2) is 76.2 Å². The molecule has 6 nitrogen and oxygen atoms in total. The van der Waals surface area contributed by atoms with Gasteiger partial charge in [-0.3, -0.25) is 4.79 Å². The van der Waals surface area contributed by atoms with E-state index in [9.17, 15) is 4.79 Å². The van der Waals surface area contributed by atoms with Crippen molar-refractivity contribution in [3.63, 3.8) is 0 Å². The Hall–Kier alpha value is -3.42. The maximum Gasteiger partial charge on any atom is 0.281 e. The second-order valence-electron chi connectivity index (χ2n) is 6.95. The SMILES string of the molecule is C/C(=N\NC(=O)c1cc2c(C)nn(-c3ccccc3)c2s1)c1cc2ccccc2o1.Cl. The number of hydrogen-bond acceptors (Lipinski definition) is 5. The smallest absolute Gasteiger partial charge is 0.281 e. The first-order chi connectivity index (χ1) is 14.6. The zero-order valence-corrected chi connectivity index (χ0v) is 18.5. The van der Waals surface area contributed by atoms with Gasteiger partial charge in [0.05, 0.1) is 16.3 Å². The zero-order chi connectivity index (χ0) is 20.7. The Balaban J connectivity index is 0.00000231. The first kappa shape index (κ1) is 20.8. The van der Waals surface area contributed by atoms with Crippen LogP contribution in [-0.2, 0) is 0 Å². The van der Waals surface area contributed by atoms with Gasteiger partial charge in [0.2, 0.25) is 0 Å². The number of thiophene rings is 1. The number of fused-ring (bicyclic) bond motifs is 2. The first-order valence-corrected chi connectivity index (χ1v) is 10.3. The molecule has 0 unspecified atom stereocenters. The third-order valence-electron chi connectivity index (χ3n) is 4.88. The number of para-hydroxylation sites is 2. The summed E-state index contributed by atoms with van der Waals surface area (Å²) in [5.41, 5.74) is 5.88. The number of aromatic nitrogens is 2. The minimum atomic E-state index is -0.259. The van der Waals surface area contributed by atoms with E-state index < -0.39 is 0 Å². The summed E-state index contributed by atoms with van der Waals surface area (Å²) in [6.45, 7) is 3.75. The number of hydrazone groups is 1. The van der Waals surface area contributed by atoms with Crippen LogP contribution in [0, 0.1) is 6.92 Å². The summed E-state index contributed by atoms with van der Waals surface area (Å²) in [6.07, 6.45) is 0. The van der Waals surface area contributed by atoms with Gasteiger partial charge in [-0.15, -0.1) is 23.7 Å². The Bertz CT molecular complexity index is 1380. The lowest BCUT2D eigenvalue weighted by Gasteiger charge is -2.01. The maximum absolute atomic E-state index is 12.7. The van der Waals surface area contributed by atoms with Crippen LogP contribution in [0.25, 0.3) is 26.9 Å². The molecule has 0 fully saturated rings. The summed E-state index contributed by atoms with van der Waals surface area (Å²) in [7, 11) is 0. The molecule has 0 saturated heterocycles. The van der Waals surface area contributed by atoms with Crippen molar-refractivity contribution in [2.24, 2.45) is 5.10 Å². The molecule has 5 aromatic rings. The molecule has 8 heteroatoms. The summed E-state index contributed by atoms with van der Waals surface area (Å²) in [6, 6.07) is 21.4. The lowest BCUT2D eigenvalue weighted by atomic mass is 10.2. The molecule has 0 radical (unpaired) electrons. The van der Waals surface area contributed by atoms with Crippen molar-refractivity contribution in [3.8, 4) is 5.69 Å². The molecule has 0 bridgehead atoms. The number of benzene rings is 2. The lowest BCUT2D eigenvalue weighted by molar-refractivity contribution is 0.0959. The van der Waals surface area contributed by atoms with Crippen LogP contribution in [-0.4, -0.2) is 21.4 Å². The zero-order valence-electron chi connectivity index (χ0n) is 16.8. The third-order valence-corrected chi connectivity index (χ3v) is 5.99. The van der Waals surface area contributed by atoms with Gasteiger partial charge in [0.1, 0.15) is 16.1 Å². The van der Waals surface area contributed by atoms with Crippen molar-refractivity contribution in [2.45, 2.75) is 13.8 Å². The second-order valence-corrected chi connectivity index (χ2v) is 7.98. The van der Waals surface area contributed by atoms with Crippen LogP contribution < -0.4 is 5.43 Å². The average molecular weight is 451 g/mol. The van der Waals surface area contributed by atoms with Crippen LogP contribution in [0.1, 0.15) is 28.0 Å². The number of hydrogen-bond donors (Lipinski definition) is 1. The number of carbonyl (C=O) groups is 1. The standard InChI is InChI=1S/C23H18N4O2S.ClH/c1-14-18-13-21(30-23(18)27(26-14)17-9-4-3-5-10-17)22(28)25-24-15(2)20-12-16-8-6-7-11-19(16)29-20;/h3-13H,1-2H3,(H,25,28);1H/b24-15+;. The van der Waals surface area contributed by atoms with E-state index in [4.69, 9.17) is 4.42 Å². The highest BCUT2D eigenvalue weighted by Crippen LogP contribution is 2.30. The Morgan fingerprint density at radius 1 is 1.10 bits per heavy atom. The third kappa shape index (κ3) is 3.85. The van der Waals surface area contributed by atoms with Gasteiger partial charge >= 0.3 is 0 Å². The lowest BCUT2D eigenvalue weighted by Crippen LogP contribution is -2.18. The number of carbonyl (C=O) groups excluding carboxylic acids is 1. The van der Waals surface area contributed by atoms with E-state index in [1.807, 2.05) is 78.3 Å². The number of amides is 1. The number of aryl methyl sites for hydroxylation is 1. The van der Waals surface area contributed by atoms with Gasteiger partial charge in [-0.25, -0.2) is 10.1 Å². The molecule has 31 heavy (non-hydrogen) atoms. The largest absolute Gasteiger partial charge is 0.455 e. The Labute approximate surface area is 188 Å². The van der Waals surface area contributed by atoms with E-state index >= 15 is 0 Å². The molecule has 0 atom stereocenters. The minimum Gasteiger partial charge on any atom is -0.455 e. The van der Waals surface area contributed by atoms with Crippen molar-refractivity contribution in [1.29, 1.82) is 0 Å². The number of nitrogens with zero attached hydrogens (tertiary/aromatic N) is 3. The second kappa shape index (κ2) is 8.37. The van der Waals surface area contributed by atoms with Gasteiger partial charge < -0.3 is 4.42 Å². The molecule has 156 valence electrons. The molecule has 2 aromatic carbocycles. The van der Waals surface area contributed by atoms with Gasteiger partial charge in [0.25, 0.3) is 5.91 Å². The molecule has 0 spiro atoms. The Morgan fingerprint density at radius 3 is 2.61 bits per heavy atom. The fraction of sp³-hybridized carbons (Fsp3) is 0.0870. The molecule has 1 amide bonds. The highest BCUT2D eigenvalue weighted by atomic mass is 35.5. The van der Waals surface area contributed by atoms with Crippen molar-refractivity contribution >= 4 is 56.5 Å². The number of furan rings is 1. The van der Waals surface area contributed by atoms with Crippen LogP contribution in [0.2, 0.25) is 0 Å². The fourth-order valence-corrected chi connectivity index (χ4v) is 4.38. The van der Waals surface area contributed by atoms with E-state index in [1.54, 1.807) is 6.92 Å².